The van der Waals surface area contributed by atoms with Crippen molar-refractivity contribution < 1.29 is 22.3 Å². The molecule has 1 nitrogen and oxygen atoms in total. The van der Waals surface area contributed by atoms with Gasteiger partial charge in [-0.1, -0.05) is 74.7 Å². The van der Waals surface area contributed by atoms with E-state index in [1.807, 2.05) is 24.3 Å². The molecule has 0 aliphatic heterocycles. The number of ether oxygens (including phenoxy) is 1. The van der Waals surface area contributed by atoms with E-state index >= 15 is 0 Å². The zero-order chi connectivity index (χ0) is 22.7. The lowest BCUT2D eigenvalue weighted by atomic mass is 9.95. The molecule has 0 saturated heterocycles. The predicted octanol–water partition coefficient (Wildman–Crippen LogP) is 8.82. The van der Waals surface area contributed by atoms with Crippen LogP contribution in [-0.4, -0.2) is 6.36 Å². The minimum absolute atomic E-state index is 0.487. The third kappa shape index (κ3) is 5.04. The van der Waals surface area contributed by atoms with Gasteiger partial charge >= 0.3 is 6.36 Å². The number of halogens is 4. The van der Waals surface area contributed by atoms with Crippen LogP contribution in [0.5, 0.6) is 5.75 Å². The van der Waals surface area contributed by atoms with Gasteiger partial charge in [0.2, 0.25) is 0 Å². The molecular formula is C27H24F4O. The Morgan fingerprint density at radius 2 is 1.38 bits per heavy atom. The first kappa shape index (κ1) is 22.1. The fourth-order valence-electron chi connectivity index (χ4n) is 4.10. The van der Waals surface area contributed by atoms with Gasteiger partial charge in [0, 0.05) is 0 Å². The molecule has 5 heteroatoms. The highest BCUT2D eigenvalue weighted by atomic mass is 19.4. The number of hydrogen-bond acceptors (Lipinski definition) is 1. The number of rotatable bonds is 7. The molecule has 0 aromatic heterocycles. The van der Waals surface area contributed by atoms with Crippen molar-refractivity contribution in [3.05, 3.63) is 78.1 Å². The fraction of sp³-hybridized carbons (Fsp3) is 0.259. The van der Waals surface area contributed by atoms with Gasteiger partial charge in [-0.15, -0.1) is 13.2 Å². The van der Waals surface area contributed by atoms with Gasteiger partial charge < -0.3 is 4.74 Å². The summed E-state index contributed by atoms with van der Waals surface area (Å²) in [5.41, 5.74) is 2.55. The van der Waals surface area contributed by atoms with E-state index in [0.29, 0.717) is 5.56 Å². The Kier molecular flexibility index (Phi) is 6.35. The molecule has 166 valence electrons. The highest BCUT2D eigenvalue weighted by Gasteiger charge is 2.32. The number of aryl methyl sites for hydroxylation is 1. The molecule has 0 amide bonds. The minimum Gasteiger partial charge on any atom is -0.403 e. The van der Waals surface area contributed by atoms with Gasteiger partial charge in [-0.25, -0.2) is 4.39 Å². The predicted molar refractivity (Wildman–Crippen MR) is 121 cm³/mol. The van der Waals surface area contributed by atoms with Crippen LogP contribution in [0.2, 0.25) is 0 Å². The summed E-state index contributed by atoms with van der Waals surface area (Å²) in [6.07, 6.45) is 1.08. The summed E-state index contributed by atoms with van der Waals surface area (Å²) in [6, 6.07) is 19.9. The van der Waals surface area contributed by atoms with E-state index in [2.05, 4.69) is 35.9 Å². The minimum atomic E-state index is -4.93. The summed E-state index contributed by atoms with van der Waals surface area (Å²) >= 11 is 0. The quantitative estimate of drug-likeness (QED) is 0.158. The van der Waals surface area contributed by atoms with Crippen LogP contribution in [-0.2, 0) is 6.42 Å². The second-order valence-corrected chi connectivity index (χ2v) is 8.06. The molecule has 4 aromatic rings. The average molecular weight is 440 g/mol. The fourth-order valence-corrected chi connectivity index (χ4v) is 4.10. The van der Waals surface area contributed by atoms with Crippen molar-refractivity contribution in [2.24, 2.45) is 0 Å². The maximum atomic E-state index is 14.1. The van der Waals surface area contributed by atoms with Crippen molar-refractivity contribution in [3.8, 4) is 16.9 Å². The van der Waals surface area contributed by atoms with Crippen LogP contribution < -0.4 is 4.74 Å². The molecule has 0 atom stereocenters. The topological polar surface area (TPSA) is 9.23 Å². The van der Waals surface area contributed by atoms with Gasteiger partial charge in [-0.2, -0.15) is 0 Å². The van der Waals surface area contributed by atoms with Crippen molar-refractivity contribution in [1.82, 2.24) is 0 Å². The van der Waals surface area contributed by atoms with Crippen molar-refractivity contribution in [2.45, 2.75) is 45.4 Å². The van der Waals surface area contributed by atoms with Crippen LogP contribution in [0, 0.1) is 5.82 Å². The van der Waals surface area contributed by atoms with Gasteiger partial charge in [-0.05, 0) is 69.3 Å². The van der Waals surface area contributed by atoms with E-state index in [-0.39, 0.29) is 0 Å². The van der Waals surface area contributed by atoms with Crippen LogP contribution >= 0.6 is 0 Å². The summed E-state index contributed by atoms with van der Waals surface area (Å²) < 4.78 is 55.0. The van der Waals surface area contributed by atoms with Crippen molar-refractivity contribution in [1.29, 1.82) is 0 Å². The normalized spacial score (nSPS) is 11.9. The number of alkyl halides is 3. The largest absolute Gasteiger partial charge is 0.573 e. The molecule has 4 aromatic carbocycles. The second kappa shape index (κ2) is 9.19. The first-order chi connectivity index (χ1) is 15.3. The van der Waals surface area contributed by atoms with E-state index in [1.165, 1.54) is 42.7 Å². The molecule has 0 N–H and O–H groups in total. The Bertz CT molecular complexity index is 1240. The zero-order valence-electron chi connectivity index (χ0n) is 17.8. The molecule has 0 aliphatic carbocycles. The summed E-state index contributed by atoms with van der Waals surface area (Å²) in [5.74, 6) is -1.89. The number of unbranched alkanes of at least 4 members (excludes halogenated alkanes) is 3. The monoisotopic (exact) mass is 440 g/mol. The van der Waals surface area contributed by atoms with Crippen LogP contribution in [0.25, 0.3) is 32.7 Å². The Balaban J connectivity index is 1.62. The van der Waals surface area contributed by atoms with Gasteiger partial charge in [0.15, 0.2) is 11.6 Å². The molecule has 0 heterocycles. The number of benzene rings is 4. The highest BCUT2D eigenvalue weighted by molar-refractivity contribution is 6.08. The molecule has 0 radical (unpaired) electrons. The molecule has 0 saturated carbocycles. The van der Waals surface area contributed by atoms with Gasteiger partial charge in [-0.3, -0.25) is 0 Å². The zero-order valence-corrected chi connectivity index (χ0v) is 17.8. The third-order valence-electron chi connectivity index (χ3n) is 5.71. The van der Waals surface area contributed by atoms with Crippen LogP contribution in [0.4, 0.5) is 17.6 Å². The van der Waals surface area contributed by atoms with E-state index in [4.69, 9.17) is 0 Å². The van der Waals surface area contributed by atoms with E-state index in [9.17, 15) is 17.6 Å². The standard InChI is InChI=1S/C27H24F4O/c1-2-3-4-5-6-18-7-12-23-21(15-18)8-9-22-16-19(10-13-24(22)23)20-11-14-26(25(28)17-20)32-27(29,30)31/h7-17H,2-6H2,1H3. The molecular weight excluding hydrogens is 416 g/mol. The van der Waals surface area contributed by atoms with Crippen LogP contribution in [0.3, 0.4) is 0 Å². The number of hydrogen-bond donors (Lipinski definition) is 0. The van der Waals surface area contributed by atoms with Gasteiger partial charge in [0.1, 0.15) is 0 Å². The Hall–Kier alpha value is -3.08. The Morgan fingerprint density at radius 3 is 2.06 bits per heavy atom. The first-order valence-electron chi connectivity index (χ1n) is 10.8. The Labute approximate surface area is 184 Å². The Morgan fingerprint density at radius 1 is 0.719 bits per heavy atom. The lowest BCUT2D eigenvalue weighted by Gasteiger charge is -2.12. The van der Waals surface area contributed by atoms with Gasteiger partial charge in [0.05, 0.1) is 0 Å². The van der Waals surface area contributed by atoms with Gasteiger partial charge in [0.25, 0.3) is 0 Å². The lowest BCUT2D eigenvalue weighted by molar-refractivity contribution is -0.275. The second-order valence-electron chi connectivity index (χ2n) is 8.06. The number of fused-ring (bicyclic) bond motifs is 3. The maximum absolute atomic E-state index is 14.1. The van der Waals surface area contributed by atoms with Crippen molar-refractivity contribution in [3.63, 3.8) is 0 Å². The van der Waals surface area contributed by atoms with E-state index in [1.54, 1.807) is 0 Å². The molecule has 0 unspecified atom stereocenters. The van der Waals surface area contributed by atoms with E-state index in [0.717, 1.165) is 40.3 Å². The third-order valence-corrected chi connectivity index (χ3v) is 5.71. The molecule has 0 aliphatic rings. The SMILES string of the molecule is CCCCCCc1ccc2c(ccc3cc(-c4ccc(OC(F)(F)F)c(F)c4)ccc32)c1. The summed E-state index contributed by atoms with van der Waals surface area (Å²) in [7, 11) is 0. The summed E-state index contributed by atoms with van der Waals surface area (Å²) in [4.78, 5) is 0. The smallest absolute Gasteiger partial charge is 0.403 e. The molecule has 32 heavy (non-hydrogen) atoms. The molecule has 4 rings (SSSR count). The first-order valence-corrected chi connectivity index (χ1v) is 10.8. The van der Waals surface area contributed by atoms with Crippen LogP contribution in [0.1, 0.15) is 38.2 Å². The average Bonchev–Trinajstić information content (AvgIpc) is 2.76. The molecule has 0 spiro atoms. The maximum Gasteiger partial charge on any atom is 0.573 e. The molecule has 0 fully saturated rings. The summed E-state index contributed by atoms with van der Waals surface area (Å²) in [6.45, 7) is 2.21. The molecule has 0 bridgehead atoms. The van der Waals surface area contributed by atoms with Crippen molar-refractivity contribution >= 4 is 21.5 Å². The lowest BCUT2D eigenvalue weighted by Crippen LogP contribution is -2.17. The van der Waals surface area contributed by atoms with E-state index < -0.39 is 17.9 Å². The summed E-state index contributed by atoms with van der Waals surface area (Å²) in [5, 5.41) is 4.40. The van der Waals surface area contributed by atoms with Crippen molar-refractivity contribution in [2.75, 3.05) is 0 Å². The van der Waals surface area contributed by atoms with Crippen LogP contribution in [0.15, 0.2) is 66.7 Å². The highest BCUT2D eigenvalue weighted by Crippen LogP contribution is 2.33.